The normalized spacial score (nSPS) is 14.9. The molecule has 1 unspecified atom stereocenters. The third-order valence-corrected chi connectivity index (χ3v) is 5.37. The largest absolute Gasteiger partial charge is 0.478 e. The summed E-state index contributed by atoms with van der Waals surface area (Å²) in [5.41, 5.74) is 7.56. The quantitative estimate of drug-likeness (QED) is 0.369. The Morgan fingerprint density at radius 3 is 2.38 bits per heavy atom. The molecule has 0 radical (unpaired) electrons. The molecule has 1 fully saturated rings. The maximum Gasteiger partial charge on any atom is 0.328 e. The number of carbonyl (C=O) groups is 4. The summed E-state index contributed by atoms with van der Waals surface area (Å²) >= 11 is 3.03. The minimum atomic E-state index is -1.26. The predicted octanol–water partition coefficient (Wildman–Crippen LogP) is 2.90. The standard InChI is InChI=1S/C10H11N3OS2.C6H10O2.C4H4O4/c1-6(14)12-4-7-2-3-15-9(7)8-5-16-10(11)13-8;1-5-3-2-4-6(7)8-5;5-3(6)1-2-4(7)8/h2-3,5H,4H2,1H3,(H2,11,13)(H,12,14);5H,2-4H2,1H3;1-2H,(H,5,6)(H,7,8). The maximum absolute atomic E-state index is 10.8. The lowest BCUT2D eigenvalue weighted by molar-refractivity contribution is -0.152. The van der Waals surface area contributed by atoms with Crippen molar-refractivity contribution in [3.63, 3.8) is 0 Å². The molecule has 0 aromatic carbocycles. The summed E-state index contributed by atoms with van der Waals surface area (Å²) in [4.78, 5) is 45.7. The van der Waals surface area contributed by atoms with Crippen LogP contribution in [0.2, 0.25) is 0 Å². The van der Waals surface area contributed by atoms with Gasteiger partial charge in [-0.3, -0.25) is 9.59 Å². The van der Waals surface area contributed by atoms with Crippen LogP contribution in [-0.4, -0.2) is 45.1 Å². The van der Waals surface area contributed by atoms with Crippen molar-refractivity contribution in [2.75, 3.05) is 5.73 Å². The van der Waals surface area contributed by atoms with E-state index in [4.69, 9.17) is 20.7 Å². The van der Waals surface area contributed by atoms with Crippen molar-refractivity contribution in [1.82, 2.24) is 10.3 Å². The number of carboxylic acid groups (broad SMARTS) is 2. The molecule has 174 valence electrons. The van der Waals surface area contributed by atoms with Crippen LogP contribution in [0.3, 0.4) is 0 Å². The molecule has 3 heterocycles. The monoisotopic (exact) mass is 483 g/mol. The van der Waals surface area contributed by atoms with Gasteiger partial charge >= 0.3 is 17.9 Å². The Morgan fingerprint density at radius 1 is 1.28 bits per heavy atom. The number of nitrogens with two attached hydrogens (primary N) is 1. The number of anilines is 1. The summed E-state index contributed by atoms with van der Waals surface area (Å²) in [6, 6.07) is 1.99. The highest BCUT2D eigenvalue weighted by atomic mass is 32.1. The summed E-state index contributed by atoms with van der Waals surface area (Å²) in [6.45, 7) is 3.97. The molecule has 0 bridgehead atoms. The second-order valence-corrected chi connectivity index (χ2v) is 8.26. The highest BCUT2D eigenvalue weighted by Crippen LogP contribution is 2.31. The van der Waals surface area contributed by atoms with Gasteiger partial charge in [0.2, 0.25) is 5.91 Å². The molecular weight excluding hydrogens is 458 g/mol. The number of cyclic esters (lactones) is 1. The molecule has 1 atom stereocenters. The summed E-state index contributed by atoms with van der Waals surface area (Å²) in [7, 11) is 0. The molecule has 12 heteroatoms. The highest BCUT2D eigenvalue weighted by Gasteiger charge is 2.14. The van der Waals surface area contributed by atoms with Crippen LogP contribution in [0.5, 0.6) is 0 Å². The molecule has 5 N–H and O–H groups in total. The summed E-state index contributed by atoms with van der Waals surface area (Å²) in [6.07, 6.45) is 3.93. The number of amides is 1. The molecule has 1 aliphatic heterocycles. The van der Waals surface area contributed by atoms with Crippen molar-refractivity contribution in [1.29, 1.82) is 0 Å². The number of rotatable bonds is 5. The van der Waals surface area contributed by atoms with E-state index in [0.29, 0.717) is 30.2 Å². The Balaban J connectivity index is 0.000000270. The third-order valence-electron chi connectivity index (χ3n) is 3.72. The molecule has 0 spiro atoms. The molecule has 1 saturated heterocycles. The number of esters is 1. The Morgan fingerprint density at radius 2 is 1.94 bits per heavy atom. The molecule has 3 rings (SSSR count). The average molecular weight is 484 g/mol. The van der Waals surface area contributed by atoms with Crippen molar-refractivity contribution in [3.8, 4) is 10.6 Å². The van der Waals surface area contributed by atoms with E-state index >= 15 is 0 Å². The number of nitrogens with zero attached hydrogens (tertiary/aromatic N) is 1. The van der Waals surface area contributed by atoms with Gasteiger partial charge in [-0.15, -0.1) is 22.7 Å². The molecule has 10 nitrogen and oxygen atoms in total. The fraction of sp³-hybridized carbons (Fsp3) is 0.350. The maximum atomic E-state index is 10.8. The number of ether oxygens (including phenoxy) is 1. The Labute approximate surface area is 192 Å². The molecule has 32 heavy (non-hydrogen) atoms. The molecular formula is C20H25N3O7S2. The zero-order valence-electron chi connectivity index (χ0n) is 17.6. The Kier molecular flexibility index (Phi) is 11.7. The van der Waals surface area contributed by atoms with Gasteiger partial charge in [0.1, 0.15) is 0 Å². The minimum absolute atomic E-state index is 0.0325. The molecule has 1 aliphatic rings. The zero-order chi connectivity index (χ0) is 24.1. The molecule has 0 saturated carbocycles. The number of aliphatic carboxylic acids is 2. The molecule has 0 aliphatic carbocycles. The third kappa shape index (κ3) is 11.2. The van der Waals surface area contributed by atoms with E-state index in [-0.39, 0.29) is 18.0 Å². The Hall–Kier alpha value is -3.25. The van der Waals surface area contributed by atoms with Gasteiger partial charge < -0.3 is 26.0 Å². The topological polar surface area (TPSA) is 169 Å². The number of thiophene rings is 1. The first-order valence-corrected chi connectivity index (χ1v) is 11.2. The lowest BCUT2D eigenvalue weighted by Gasteiger charge is -2.17. The van der Waals surface area contributed by atoms with Gasteiger partial charge in [-0.1, -0.05) is 0 Å². The van der Waals surface area contributed by atoms with Gasteiger partial charge in [0.15, 0.2) is 5.13 Å². The van der Waals surface area contributed by atoms with E-state index in [9.17, 15) is 19.2 Å². The SMILES string of the molecule is CC(=O)NCc1ccsc1-c1csc(N)n1.CC1CCCC(=O)O1.O=C(O)C=CC(=O)O. The number of carbonyl (C=O) groups excluding carboxylic acids is 2. The van der Waals surface area contributed by atoms with Crippen LogP contribution in [-0.2, 0) is 30.5 Å². The number of carboxylic acids is 2. The second-order valence-electron chi connectivity index (χ2n) is 6.46. The van der Waals surface area contributed by atoms with Gasteiger partial charge in [-0.05, 0) is 36.8 Å². The van der Waals surface area contributed by atoms with E-state index in [1.165, 1.54) is 18.3 Å². The summed E-state index contributed by atoms with van der Waals surface area (Å²) in [5.74, 6) is -2.58. The van der Waals surface area contributed by atoms with Gasteiger partial charge in [0, 0.05) is 37.4 Å². The fourth-order valence-electron chi connectivity index (χ4n) is 2.33. The first-order chi connectivity index (χ1) is 15.1. The van der Waals surface area contributed by atoms with Crippen molar-refractivity contribution in [2.24, 2.45) is 0 Å². The van der Waals surface area contributed by atoms with Crippen molar-refractivity contribution in [3.05, 3.63) is 34.5 Å². The van der Waals surface area contributed by atoms with Crippen LogP contribution in [0.15, 0.2) is 29.0 Å². The van der Waals surface area contributed by atoms with E-state index in [2.05, 4.69) is 10.3 Å². The smallest absolute Gasteiger partial charge is 0.328 e. The molecule has 2 aromatic heterocycles. The van der Waals surface area contributed by atoms with Crippen LogP contribution >= 0.6 is 22.7 Å². The van der Waals surface area contributed by atoms with Crippen LogP contribution < -0.4 is 11.1 Å². The van der Waals surface area contributed by atoms with Gasteiger partial charge in [-0.2, -0.15) is 0 Å². The summed E-state index contributed by atoms with van der Waals surface area (Å²) < 4.78 is 4.85. The zero-order valence-corrected chi connectivity index (χ0v) is 19.2. The van der Waals surface area contributed by atoms with Crippen LogP contribution in [0.25, 0.3) is 10.6 Å². The van der Waals surface area contributed by atoms with Crippen molar-refractivity contribution >= 4 is 51.6 Å². The number of hydrogen-bond acceptors (Lipinski definition) is 9. The predicted molar refractivity (Wildman–Crippen MR) is 121 cm³/mol. The number of nitrogen functional groups attached to an aromatic ring is 1. The van der Waals surface area contributed by atoms with E-state index in [1.54, 1.807) is 11.3 Å². The minimum Gasteiger partial charge on any atom is -0.478 e. The first kappa shape index (κ1) is 26.8. The van der Waals surface area contributed by atoms with E-state index in [1.807, 2.05) is 23.8 Å². The van der Waals surface area contributed by atoms with Crippen LogP contribution in [0.4, 0.5) is 5.13 Å². The van der Waals surface area contributed by atoms with Crippen LogP contribution in [0, 0.1) is 0 Å². The Bertz CT molecular complexity index is 937. The summed E-state index contributed by atoms with van der Waals surface area (Å²) in [5, 5.41) is 22.9. The van der Waals surface area contributed by atoms with Crippen molar-refractivity contribution < 1.29 is 34.1 Å². The molecule has 1 amide bonds. The number of nitrogens with one attached hydrogen (secondary N) is 1. The number of hydrogen-bond donors (Lipinski definition) is 4. The number of aromatic nitrogens is 1. The van der Waals surface area contributed by atoms with Gasteiger partial charge in [0.25, 0.3) is 0 Å². The number of thiazole rings is 1. The second kappa shape index (κ2) is 13.9. The highest BCUT2D eigenvalue weighted by molar-refractivity contribution is 7.16. The fourth-order valence-corrected chi connectivity index (χ4v) is 3.84. The lowest BCUT2D eigenvalue weighted by atomic mass is 10.1. The van der Waals surface area contributed by atoms with Crippen LogP contribution in [0.1, 0.15) is 38.7 Å². The molecule has 2 aromatic rings. The van der Waals surface area contributed by atoms with Gasteiger partial charge in [-0.25, -0.2) is 14.6 Å². The first-order valence-electron chi connectivity index (χ1n) is 9.44. The average Bonchev–Trinajstić information content (AvgIpc) is 3.34. The van der Waals surface area contributed by atoms with E-state index < -0.39 is 11.9 Å². The van der Waals surface area contributed by atoms with Gasteiger partial charge in [0.05, 0.1) is 16.7 Å². The van der Waals surface area contributed by atoms with E-state index in [0.717, 1.165) is 29.0 Å². The lowest BCUT2D eigenvalue weighted by Crippen LogP contribution is -2.19. The van der Waals surface area contributed by atoms with Crippen molar-refractivity contribution in [2.45, 2.75) is 45.8 Å².